The number of amides is 1. The summed E-state index contributed by atoms with van der Waals surface area (Å²) in [5, 5.41) is 3.74. The van der Waals surface area contributed by atoms with Crippen LogP contribution >= 0.6 is 11.3 Å². The van der Waals surface area contributed by atoms with Gasteiger partial charge in [-0.3, -0.25) is 4.79 Å². The molecule has 140 valence electrons. The molecule has 0 unspecified atom stereocenters. The van der Waals surface area contributed by atoms with E-state index in [0.717, 1.165) is 35.9 Å². The minimum Gasteiger partial charge on any atom is -0.496 e. The topological polar surface area (TPSA) is 63.7 Å². The van der Waals surface area contributed by atoms with Gasteiger partial charge in [0.1, 0.15) is 21.4 Å². The van der Waals surface area contributed by atoms with Gasteiger partial charge < -0.3 is 19.7 Å². The Kier molecular flexibility index (Phi) is 6.11. The minimum atomic E-state index is -0.0701. The molecular formula is C19H25N3O3S. The van der Waals surface area contributed by atoms with Crippen molar-refractivity contribution >= 4 is 17.2 Å². The molecule has 0 atom stereocenters. The molecule has 1 N–H and O–H groups in total. The first-order valence-electron chi connectivity index (χ1n) is 8.83. The van der Waals surface area contributed by atoms with Crippen LogP contribution in [0.4, 0.5) is 0 Å². The van der Waals surface area contributed by atoms with Crippen molar-refractivity contribution in [3.8, 4) is 22.1 Å². The molecule has 0 bridgehead atoms. The molecule has 3 rings (SSSR count). The van der Waals surface area contributed by atoms with Crippen molar-refractivity contribution in [3.05, 3.63) is 28.8 Å². The van der Waals surface area contributed by atoms with Crippen LogP contribution in [0.3, 0.4) is 0 Å². The van der Waals surface area contributed by atoms with Gasteiger partial charge in [0.2, 0.25) is 0 Å². The van der Waals surface area contributed by atoms with Gasteiger partial charge >= 0.3 is 0 Å². The Labute approximate surface area is 158 Å². The highest BCUT2D eigenvalue weighted by molar-refractivity contribution is 7.17. The van der Waals surface area contributed by atoms with Crippen LogP contribution in [-0.2, 0) is 0 Å². The molecule has 6 nitrogen and oxygen atoms in total. The van der Waals surface area contributed by atoms with E-state index < -0.39 is 0 Å². The molecule has 1 amide bonds. The number of hydrogen-bond acceptors (Lipinski definition) is 6. The number of carbonyl (C=O) groups is 1. The molecule has 1 aromatic heterocycles. The summed E-state index contributed by atoms with van der Waals surface area (Å²) < 4.78 is 10.9. The maximum absolute atomic E-state index is 12.6. The SMILES string of the molecule is COc1cccc(OC)c1-c1nc(C)c(C(=O)NCCN2CCCC2)s1. The van der Waals surface area contributed by atoms with E-state index >= 15 is 0 Å². The summed E-state index contributed by atoms with van der Waals surface area (Å²) in [4.78, 5) is 20.2. The zero-order valence-corrected chi connectivity index (χ0v) is 16.3. The average molecular weight is 375 g/mol. The van der Waals surface area contributed by atoms with Gasteiger partial charge in [0.25, 0.3) is 5.91 Å². The van der Waals surface area contributed by atoms with Gasteiger partial charge in [-0.2, -0.15) is 0 Å². The van der Waals surface area contributed by atoms with Crippen molar-refractivity contribution in [2.75, 3.05) is 40.4 Å². The molecule has 0 radical (unpaired) electrons. The van der Waals surface area contributed by atoms with Gasteiger partial charge in [0.05, 0.1) is 25.5 Å². The van der Waals surface area contributed by atoms with E-state index in [1.165, 1.54) is 24.2 Å². The summed E-state index contributed by atoms with van der Waals surface area (Å²) in [6, 6.07) is 5.60. The summed E-state index contributed by atoms with van der Waals surface area (Å²) >= 11 is 1.37. The van der Waals surface area contributed by atoms with Gasteiger partial charge in [0, 0.05) is 13.1 Å². The third kappa shape index (κ3) is 3.99. The van der Waals surface area contributed by atoms with Crippen molar-refractivity contribution in [2.45, 2.75) is 19.8 Å². The van der Waals surface area contributed by atoms with E-state index in [-0.39, 0.29) is 5.91 Å². The van der Waals surface area contributed by atoms with E-state index in [2.05, 4.69) is 15.2 Å². The molecule has 26 heavy (non-hydrogen) atoms. The summed E-state index contributed by atoms with van der Waals surface area (Å²) in [6.45, 7) is 5.68. The summed E-state index contributed by atoms with van der Waals surface area (Å²) in [5.41, 5.74) is 1.50. The van der Waals surface area contributed by atoms with Gasteiger partial charge in [-0.05, 0) is 45.0 Å². The molecule has 0 saturated carbocycles. The number of rotatable bonds is 7. The highest BCUT2D eigenvalue weighted by Crippen LogP contribution is 2.40. The highest BCUT2D eigenvalue weighted by atomic mass is 32.1. The fraction of sp³-hybridized carbons (Fsp3) is 0.474. The third-order valence-electron chi connectivity index (χ3n) is 4.56. The second kappa shape index (κ2) is 8.51. The van der Waals surface area contributed by atoms with Crippen molar-refractivity contribution in [3.63, 3.8) is 0 Å². The van der Waals surface area contributed by atoms with Crippen LogP contribution in [0, 0.1) is 6.92 Å². The summed E-state index contributed by atoms with van der Waals surface area (Å²) in [6.07, 6.45) is 2.51. The first-order valence-corrected chi connectivity index (χ1v) is 9.65. The Balaban J connectivity index is 1.75. The molecule has 2 heterocycles. The minimum absolute atomic E-state index is 0.0701. The van der Waals surface area contributed by atoms with Crippen molar-refractivity contribution < 1.29 is 14.3 Å². The molecule has 1 saturated heterocycles. The zero-order valence-electron chi connectivity index (χ0n) is 15.5. The maximum Gasteiger partial charge on any atom is 0.263 e. The van der Waals surface area contributed by atoms with Crippen LogP contribution in [0.15, 0.2) is 18.2 Å². The lowest BCUT2D eigenvalue weighted by molar-refractivity contribution is 0.0953. The number of carbonyl (C=O) groups excluding carboxylic acids is 1. The number of benzene rings is 1. The Morgan fingerprint density at radius 2 is 1.88 bits per heavy atom. The number of thiazole rings is 1. The molecular weight excluding hydrogens is 350 g/mol. The Bertz CT molecular complexity index is 747. The number of aromatic nitrogens is 1. The highest BCUT2D eigenvalue weighted by Gasteiger charge is 2.21. The largest absolute Gasteiger partial charge is 0.496 e. The average Bonchev–Trinajstić information content (AvgIpc) is 3.30. The number of nitrogens with zero attached hydrogens (tertiary/aromatic N) is 2. The first-order chi connectivity index (χ1) is 12.6. The lowest BCUT2D eigenvalue weighted by Crippen LogP contribution is -2.33. The van der Waals surface area contributed by atoms with E-state index in [4.69, 9.17) is 9.47 Å². The fourth-order valence-electron chi connectivity index (χ4n) is 3.19. The quantitative estimate of drug-likeness (QED) is 0.806. The van der Waals surface area contributed by atoms with E-state index in [9.17, 15) is 4.79 Å². The molecule has 0 spiro atoms. The molecule has 1 aliphatic rings. The van der Waals surface area contributed by atoms with Crippen LogP contribution in [0.1, 0.15) is 28.2 Å². The number of likely N-dealkylation sites (tertiary alicyclic amines) is 1. The molecule has 0 aliphatic carbocycles. The Morgan fingerprint density at radius 1 is 1.23 bits per heavy atom. The monoisotopic (exact) mass is 375 g/mol. The number of methoxy groups -OCH3 is 2. The number of ether oxygens (including phenoxy) is 2. The maximum atomic E-state index is 12.6. The molecule has 1 aromatic carbocycles. The Hall–Kier alpha value is -2.12. The van der Waals surface area contributed by atoms with Gasteiger partial charge in [-0.15, -0.1) is 11.3 Å². The van der Waals surface area contributed by atoms with Gasteiger partial charge in [-0.1, -0.05) is 6.07 Å². The van der Waals surface area contributed by atoms with Crippen molar-refractivity contribution in [1.82, 2.24) is 15.2 Å². The van der Waals surface area contributed by atoms with Crippen molar-refractivity contribution in [2.24, 2.45) is 0 Å². The first kappa shape index (κ1) is 18.7. The van der Waals surface area contributed by atoms with E-state index in [1.807, 2.05) is 25.1 Å². The predicted molar refractivity (Wildman–Crippen MR) is 103 cm³/mol. The van der Waals surface area contributed by atoms with Gasteiger partial charge in [-0.25, -0.2) is 4.98 Å². The van der Waals surface area contributed by atoms with E-state index in [1.54, 1.807) is 14.2 Å². The zero-order chi connectivity index (χ0) is 18.5. The third-order valence-corrected chi connectivity index (χ3v) is 5.73. The second-order valence-electron chi connectivity index (χ2n) is 6.28. The summed E-state index contributed by atoms with van der Waals surface area (Å²) in [5.74, 6) is 1.29. The standard InChI is InChI=1S/C19H25N3O3S/c1-13-17(18(23)20-9-12-22-10-4-5-11-22)26-19(21-13)16-14(24-2)7-6-8-15(16)25-3/h6-8H,4-5,9-12H2,1-3H3,(H,20,23). The molecule has 2 aromatic rings. The van der Waals surface area contributed by atoms with E-state index in [0.29, 0.717) is 22.9 Å². The molecule has 1 fully saturated rings. The van der Waals surface area contributed by atoms with Crippen LogP contribution in [0.25, 0.3) is 10.6 Å². The van der Waals surface area contributed by atoms with Crippen LogP contribution in [-0.4, -0.2) is 56.2 Å². The van der Waals surface area contributed by atoms with Crippen LogP contribution in [0.5, 0.6) is 11.5 Å². The number of nitrogens with one attached hydrogen (secondary N) is 1. The second-order valence-corrected chi connectivity index (χ2v) is 7.27. The molecule has 1 aliphatic heterocycles. The Morgan fingerprint density at radius 3 is 2.50 bits per heavy atom. The van der Waals surface area contributed by atoms with Crippen LogP contribution < -0.4 is 14.8 Å². The normalized spacial score (nSPS) is 14.4. The smallest absolute Gasteiger partial charge is 0.263 e. The van der Waals surface area contributed by atoms with Crippen LogP contribution in [0.2, 0.25) is 0 Å². The summed E-state index contributed by atoms with van der Waals surface area (Å²) in [7, 11) is 3.23. The van der Waals surface area contributed by atoms with Gasteiger partial charge in [0.15, 0.2) is 0 Å². The molecule has 7 heteroatoms. The lowest BCUT2D eigenvalue weighted by Gasteiger charge is -2.14. The number of aryl methyl sites for hydroxylation is 1. The predicted octanol–water partition coefficient (Wildman–Crippen LogP) is 2.96. The lowest BCUT2D eigenvalue weighted by atomic mass is 10.2. The number of hydrogen-bond donors (Lipinski definition) is 1. The van der Waals surface area contributed by atoms with Crippen molar-refractivity contribution in [1.29, 1.82) is 0 Å². The fourth-order valence-corrected chi connectivity index (χ4v) is 4.23.